The van der Waals surface area contributed by atoms with E-state index < -0.39 is 9.84 Å². The highest BCUT2D eigenvalue weighted by Gasteiger charge is 2.24. The summed E-state index contributed by atoms with van der Waals surface area (Å²) in [5.41, 5.74) is 7.87. The second-order valence-corrected chi connectivity index (χ2v) is 7.02. The number of hydrogen-bond acceptors (Lipinski definition) is 5. The molecule has 6 heteroatoms. The molecule has 1 aliphatic heterocycles. The highest BCUT2D eigenvalue weighted by atomic mass is 32.2. The van der Waals surface area contributed by atoms with E-state index in [2.05, 4.69) is 5.32 Å². The van der Waals surface area contributed by atoms with E-state index in [-0.39, 0.29) is 16.6 Å². The van der Waals surface area contributed by atoms with Crippen molar-refractivity contribution in [2.24, 2.45) is 0 Å². The second-order valence-electron chi connectivity index (χ2n) is 5.04. The van der Waals surface area contributed by atoms with E-state index in [0.717, 1.165) is 17.6 Å². The predicted molar refractivity (Wildman–Crippen MR) is 82.3 cm³/mol. The number of nitrogens with one attached hydrogen (secondary N) is 1. The van der Waals surface area contributed by atoms with Crippen LogP contribution >= 0.6 is 0 Å². The first kappa shape index (κ1) is 13.8. The number of benzene rings is 2. The molecule has 110 valence electrons. The normalized spacial score (nSPS) is 17.1. The van der Waals surface area contributed by atoms with E-state index >= 15 is 0 Å². The largest absolute Gasteiger partial charge is 0.491 e. The minimum atomic E-state index is -3.35. The van der Waals surface area contributed by atoms with Crippen molar-refractivity contribution in [3.63, 3.8) is 0 Å². The van der Waals surface area contributed by atoms with Gasteiger partial charge in [-0.1, -0.05) is 24.3 Å². The zero-order valence-corrected chi connectivity index (χ0v) is 12.4. The van der Waals surface area contributed by atoms with Gasteiger partial charge in [-0.3, -0.25) is 0 Å². The van der Waals surface area contributed by atoms with Crippen LogP contribution in [0.5, 0.6) is 5.75 Å². The van der Waals surface area contributed by atoms with E-state index in [1.165, 1.54) is 6.07 Å². The lowest BCUT2D eigenvalue weighted by Crippen LogP contribution is -2.14. The maximum Gasteiger partial charge on any atom is 0.177 e. The smallest absolute Gasteiger partial charge is 0.177 e. The molecule has 2 aromatic carbocycles. The summed E-state index contributed by atoms with van der Waals surface area (Å²) in [5.74, 6) is 0.841. The average molecular weight is 304 g/mol. The van der Waals surface area contributed by atoms with Crippen molar-refractivity contribution in [2.45, 2.75) is 10.9 Å². The van der Waals surface area contributed by atoms with Gasteiger partial charge in [-0.25, -0.2) is 8.42 Å². The third-order valence-corrected chi connectivity index (χ3v) is 4.65. The van der Waals surface area contributed by atoms with Crippen molar-refractivity contribution in [1.29, 1.82) is 0 Å². The zero-order valence-electron chi connectivity index (χ0n) is 11.5. The minimum Gasteiger partial charge on any atom is -0.491 e. The van der Waals surface area contributed by atoms with Crippen molar-refractivity contribution in [1.82, 2.24) is 0 Å². The Labute approximate surface area is 123 Å². The van der Waals surface area contributed by atoms with Crippen LogP contribution in [0.25, 0.3) is 0 Å². The van der Waals surface area contributed by atoms with E-state index in [1.54, 1.807) is 12.1 Å². The number of ether oxygens (including phenoxy) is 1. The van der Waals surface area contributed by atoms with Crippen LogP contribution in [0.2, 0.25) is 0 Å². The molecular weight excluding hydrogens is 288 g/mol. The molecule has 1 atom stereocenters. The van der Waals surface area contributed by atoms with Crippen LogP contribution in [-0.2, 0) is 9.84 Å². The fourth-order valence-electron chi connectivity index (χ4n) is 2.46. The van der Waals surface area contributed by atoms with Crippen LogP contribution in [0, 0.1) is 0 Å². The van der Waals surface area contributed by atoms with Gasteiger partial charge >= 0.3 is 0 Å². The lowest BCUT2D eigenvalue weighted by atomic mass is 10.1. The molecule has 1 heterocycles. The summed E-state index contributed by atoms with van der Waals surface area (Å²) in [6.07, 6.45) is 1.15. The molecule has 1 aliphatic rings. The summed E-state index contributed by atoms with van der Waals surface area (Å²) < 4.78 is 29.0. The van der Waals surface area contributed by atoms with Crippen LogP contribution in [0.15, 0.2) is 47.4 Å². The first-order chi connectivity index (χ1) is 9.97. The Bertz CT molecular complexity index is 787. The van der Waals surface area contributed by atoms with E-state index in [9.17, 15) is 8.42 Å². The molecule has 0 bridgehead atoms. The maximum absolute atomic E-state index is 11.7. The molecule has 0 amide bonds. The van der Waals surface area contributed by atoms with Crippen LogP contribution in [-0.4, -0.2) is 21.3 Å². The summed E-state index contributed by atoms with van der Waals surface area (Å²) in [4.78, 5) is 0.139. The fraction of sp³-hybridized carbons (Fsp3) is 0.200. The lowest BCUT2D eigenvalue weighted by Gasteiger charge is -2.16. The number of para-hydroxylation sites is 2. The number of rotatable bonds is 3. The van der Waals surface area contributed by atoms with Gasteiger partial charge in [0, 0.05) is 11.8 Å². The number of hydrogen-bond donors (Lipinski definition) is 2. The summed E-state index contributed by atoms with van der Waals surface area (Å²) in [6.45, 7) is 0.488. The van der Waals surface area contributed by atoms with Crippen molar-refractivity contribution in [2.75, 3.05) is 23.9 Å². The number of nitrogens with two attached hydrogens (primary N) is 1. The molecular formula is C15H16N2O3S. The van der Waals surface area contributed by atoms with Crippen molar-refractivity contribution in [3.05, 3.63) is 48.0 Å². The monoisotopic (exact) mass is 304 g/mol. The quantitative estimate of drug-likeness (QED) is 0.850. The Kier molecular flexibility index (Phi) is 3.25. The third kappa shape index (κ3) is 2.54. The van der Waals surface area contributed by atoms with Crippen LogP contribution in [0.3, 0.4) is 0 Å². The Morgan fingerprint density at radius 2 is 1.95 bits per heavy atom. The van der Waals surface area contributed by atoms with E-state index in [1.807, 2.05) is 24.3 Å². The summed E-state index contributed by atoms with van der Waals surface area (Å²) >= 11 is 0. The van der Waals surface area contributed by atoms with Crippen LogP contribution in [0.1, 0.15) is 11.6 Å². The topological polar surface area (TPSA) is 81.4 Å². The summed E-state index contributed by atoms with van der Waals surface area (Å²) in [7, 11) is -3.35. The highest BCUT2D eigenvalue weighted by Crippen LogP contribution is 2.36. The number of fused-ring (bicyclic) bond motifs is 1. The van der Waals surface area contributed by atoms with Crippen LogP contribution < -0.4 is 15.8 Å². The van der Waals surface area contributed by atoms with Gasteiger partial charge in [0.1, 0.15) is 12.4 Å². The van der Waals surface area contributed by atoms with Gasteiger partial charge in [0.25, 0.3) is 0 Å². The van der Waals surface area contributed by atoms with Gasteiger partial charge in [0.15, 0.2) is 9.84 Å². The van der Waals surface area contributed by atoms with Crippen molar-refractivity contribution >= 4 is 21.2 Å². The molecule has 5 nitrogen and oxygen atoms in total. The van der Waals surface area contributed by atoms with Gasteiger partial charge in [0.05, 0.1) is 22.3 Å². The molecule has 0 aromatic heterocycles. The molecule has 0 spiro atoms. The number of sulfone groups is 1. The molecule has 0 fully saturated rings. The number of nitrogen functional groups attached to an aromatic ring is 1. The lowest BCUT2D eigenvalue weighted by molar-refractivity contribution is 0.340. The molecule has 0 aliphatic carbocycles. The van der Waals surface area contributed by atoms with E-state index in [4.69, 9.17) is 10.5 Å². The van der Waals surface area contributed by atoms with Gasteiger partial charge in [-0.2, -0.15) is 0 Å². The third-order valence-electron chi connectivity index (χ3n) is 3.50. The summed E-state index contributed by atoms with van der Waals surface area (Å²) in [5, 5.41) is 3.26. The predicted octanol–water partition coefficient (Wildman–Crippen LogP) is 2.22. The SMILES string of the molecule is CS(=O)(=O)c1cccc(NC2COc3ccccc32)c1N. The summed E-state index contributed by atoms with van der Waals surface area (Å²) in [6, 6.07) is 12.7. The molecule has 0 saturated heterocycles. The van der Waals surface area contributed by atoms with Gasteiger partial charge in [0.2, 0.25) is 0 Å². The molecule has 2 aromatic rings. The van der Waals surface area contributed by atoms with E-state index in [0.29, 0.717) is 12.3 Å². The highest BCUT2D eigenvalue weighted by molar-refractivity contribution is 7.90. The molecule has 21 heavy (non-hydrogen) atoms. The average Bonchev–Trinajstić information content (AvgIpc) is 2.83. The molecule has 1 unspecified atom stereocenters. The zero-order chi connectivity index (χ0) is 15.0. The van der Waals surface area contributed by atoms with Crippen molar-refractivity contribution < 1.29 is 13.2 Å². The van der Waals surface area contributed by atoms with Crippen LogP contribution in [0.4, 0.5) is 11.4 Å². The van der Waals surface area contributed by atoms with Crippen molar-refractivity contribution in [3.8, 4) is 5.75 Å². The van der Waals surface area contributed by atoms with Gasteiger partial charge in [-0.15, -0.1) is 0 Å². The maximum atomic E-state index is 11.7. The van der Waals surface area contributed by atoms with Gasteiger partial charge in [-0.05, 0) is 18.2 Å². The Balaban J connectivity index is 1.94. The second kappa shape index (κ2) is 4.96. The Morgan fingerprint density at radius 1 is 1.19 bits per heavy atom. The minimum absolute atomic E-state index is 0.0432. The Hall–Kier alpha value is -2.21. The van der Waals surface area contributed by atoms with Gasteiger partial charge < -0.3 is 15.8 Å². The standard InChI is InChI=1S/C15H16N2O3S/c1-21(18,19)14-8-4-6-11(15(14)16)17-12-9-20-13-7-3-2-5-10(12)13/h2-8,12,17H,9,16H2,1H3. The molecule has 3 rings (SSSR count). The molecule has 0 saturated carbocycles. The molecule has 0 radical (unpaired) electrons. The first-order valence-corrected chi connectivity index (χ1v) is 8.43. The first-order valence-electron chi connectivity index (χ1n) is 6.53. The molecule has 3 N–H and O–H groups in total. The number of anilines is 2. The fourth-order valence-corrected chi connectivity index (χ4v) is 3.30. The Morgan fingerprint density at radius 3 is 2.71 bits per heavy atom.